The highest BCUT2D eigenvalue weighted by atomic mass is 32.2. The van der Waals surface area contributed by atoms with Crippen LogP contribution in [0.25, 0.3) is 5.76 Å². The summed E-state index contributed by atoms with van der Waals surface area (Å²) in [6.45, 7) is 0. The first-order valence-electron chi connectivity index (χ1n) is 6.74. The maximum absolute atomic E-state index is 13.1. The van der Waals surface area contributed by atoms with E-state index in [1.165, 1.54) is 12.1 Å². The molecule has 0 fully saturated rings. The van der Waals surface area contributed by atoms with Gasteiger partial charge in [0.2, 0.25) is 0 Å². The lowest BCUT2D eigenvalue weighted by atomic mass is 9.99. The summed E-state index contributed by atoms with van der Waals surface area (Å²) in [7, 11) is 0. The van der Waals surface area contributed by atoms with Gasteiger partial charge in [-0.15, -0.1) is 11.8 Å². The lowest BCUT2D eigenvalue weighted by Crippen LogP contribution is -2.15. The fraction of sp³-hybridized carbons (Fsp3) is 0.176. The first kappa shape index (κ1) is 12.8. The van der Waals surface area contributed by atoms with E-state index < -0.39 is 0 Å². The molecule has 0 aromatic heterocycles. The second kappa shape index (κ2) is 4.81. The number of ether oxygens (including phenoxy) is 2. The molecule has 0 N–H and O–H groups in total. The second-order valence-electron chi connectivity index (χ2n) is 5.02. The van der Waals surface area contributed by atoms with Gasteiger partial charge in [-0.1, -0.05) is 18.2 Å². The van der Waals surface area contributed by atoms with Gasteiger partial charge in [-0.05, 0) is 36.6 Å². The Morgan fingerprint density at radius 1 is 1.00 bits per heavy atom. The zero-order valence-electron chi connectivity index (χ0n) is 11.4. The largest absolute Gasteiger partial charge is 0.454 e. The predicted octanol–water partition coefficient (Wildman–Crippen LogP) is 4.39. The van der Waals surface area contributed by atoms with Gasteiger partial charge in [-0.25, -0.2) is 4.39 Å². The van der Waals surface area contributed by atoms with Crippen LogP contribution in [0.15, 0.2) is 53.4 Å². The van der Waals surface area contributed by atoms with E-state index in [-0.39, 0.29) is 18.0 Å². The average Bonchev–Trinajstić information content (AvgIpc) is 3.03. The van der Waals surface area contributed by atoms with E-state index >= 15 is 0 Å². The van der Waals surface area contributed by atoms with E-state index in [0.29, 0.717) is 0 Å². The van der Waals surface area contributed by atoms with Gasteiger partial charge in [0.1, 0.15) is 17.3 Å². The Morgan fingerprint density at radius 2 is 1.76 bits per heavy atom. The van der Waals surface area contributed by atoms with Crippen molar-refractivity contribution in [2.75, 3.05) is 6.26 Å². The van der Waals surface area contributed by atoms with Gasteiger partial charge < -0.3 is 9.47 Å². The Balaban J connectivity index is 1.81. The van der Waals surface area contributed by atoms with E-state index in [1.807, 2.05) is 24.5 Å². The molecule has 106 valence electrons. The SMILES string of the molecule is CSC1=C(c2ccc(F)cc2)OC2Oc3ccccc3C12. The van der Waals surface area contributed by atoms with Gasteiger partial charge in [0, 0.05) is 16.0 Å². The molecule has 0 radical (unpaired) electrons. The van der Waals surface area contributed by atoms with Gasteiger partial charge in [-0.3, -0.25) is 0 Å². The lowest BCUT2D eigenvalue weighted by molar-refractivity contribution is 0.00640. The molecule has 0 bridgehead atoms. The van der Waals surface area contributed by atoms with Crippen LogP contribution >= 0.6 is 11.8 Å². The maximum Gasteiger partial charge on any atom is 0.252 e. The monoisotopic (exact) mass is 300 g/mol. The minimum Gasteiger partial charge on any atom is -0.454 e. The Morgan fingerprint density at radius 3 is 2.52 bits per heavy atom. The Hall–Kier alpha value is -1.94. The predicted molar refractivity (Wildman–Crippen MR) is 81.5 cm³/mol. The smallest absolute Gasteiger partial charge is 0.252 e. The van der Waals surface area contributed by atoms with Crippen molar-refractivity contribution in [2.45, 2.75) is 12.2 Å². The molecule has 2 aromatic rings. The number of para-hydroxylation sites is 1. The Labute approximate surface area is 126 Å². The third-order valence-corrected chi connectivity index (χ3v) is 4.72. The first-order chi connectivity index (χ1) is 10.3. The highest BCUT2D eigenvalue weighted by Gasteiger charge is 2.45. The number of benzene rings is 2. The van der Waals surface area contributed by atoms with E-state index in [1.54, 1.807) is 23.9 Å². The van der Waals surface area contributed by atoms with Crippen LogP contribution < -0.4 is 4.74 Å². The summed E-state index contributed by atoms with van der Waals surface area (Å²) >= 11 is 1.66. The van der Waals surface area contributed by atoms with E-state index in [4.69, 9.17) is 9.47 Å². The molecule has 4 heteroatoms. The van der Waals surface area contributed by atoms with E-state index in [0.717, 1.165) is 27.5 Å². The first-order valence-corrected chi connectivity index (χ1v) is 7.97. The van der Waals surface area contributed by atoms with Crippen LogP contribution in [0.3, 0.4) is 0 Å². The molecule has 0 aliphatic carbocycles. The third kappa shape index (κ3) is 1.94. The fourth-order valence-corrected chi connectivity index (χ4v) is 3.73. The van der Waals surface area contributed by atoms with Gasteiger partial charge in [0.25, 0.3) is 6.29 Å². The van der Waals surface area contributed by atoms with Crippen molar-refractivity contribution in [3.63, 3.8) is 0 Å². The molecule has 2 atom stereocenters. The molecule has 2 heterocycles. The average molecular weight is 300 g/mol. The highest BCUT2D eigenvalue weighted by molar-refractivity contribution is 8.02. The number of fused-ring (bicyclic) bond motifs is 3. The maximum atomic E-state index is 13.1. The molecule has 4 rings (SSSR count). The molecular formula is C17H13FO2S. The molecular weight excluding hydrogens is 287 g/mol. The molecule has 2 aliphatic rings. The van der Waals surface area contributed by atoms with Crippen LogP contribution in [-0.4, -0.2) is 12.5 Å². The van der Waals surface area contributed by atoms with Crippen LogP contribution in [0.5, 0.6) is 5.75 Å². The van der Waals surface area contributed by atoms with E-state index in [2.05, 4.69) is 6.07 Å². The molecule has 0 amide bonds. The van der Waals surface area contributed by atoms with Crippen LogP contribution in [-0.2, 0) is 4.74 Å². The van der Waals surface area contributed by atoms with Crippen LogP contribution in [0.2, 0.25) is 0 Å². The number of thioether (sulfide) groups is 1. The van der Waals surface area contributed by atoms with Gasteiger partial charge in [-0.2, -0.15) is 0 Å². The standard InChI is InChI=1S/C17H13FO2S/c1-21-16-14-12-4-2-3-5-13(12)19-17(14)20-15(16)10-6-8-11(18)9-7-10/h2-9,14,17H,1H3. The van der Waals surface area contributed by atoms with Gasteiger partial charge >= 0.3 is 0 Å². The number of hydrogen-bond donors (Lipinski definition) is 0. The van der Waals surface area contributed by atoms with Crippen LogP contribution in [0.4, 0.5) is 4.39 Å². The van der Waals surface area contributed by atoms with Crippen molar-refractivity contribution in [2.24, 2.45) is 0 Å². The summed E-state index contributed by atoms with van der Waals surface area (Å²) in [6, 6.07) is 14.4. The molecule has 2 nitrogen and oxygen atoms in total. The van der Waals surface area contributed by atoms with Crippen molar-refractivity contribution in [1.82, 2.24) is 0 Å². The summed E-state index contributed by atoms with van der Waals surface area (Å²) in [5.74, 6) is 1.55. The molecule has 0 spiro atoms. The van der Waals surface area contributed by atoms with Crippen molar-refractivity contribution >= 4 is 17.5 Å². The summed E-state index contributed by atoms with van der Waals surface area (Å²) in [6.07, 6.45) is 1.72. The van der Waals surface area contributed by atoms with Gasteiger partial charge in [0.15, 0.2) is 0 Å². The zero-order chi connectivity index (χ0) is 14.4. The molecule has 2 aliphatic heterocycles. The topological polar surface area (TPSA) is 18.5 Å². The van der Waals surface area contributed by atoms with Crippen LogP contribution in [0, 0.1) is 5.82 Å². The van der Waals surface area contributed by atoms with Crippen molar-refractivity contribution in [1.29, 1.82) is 0 Å². The molecule has 21 heavy (non-hydrogen) atoms. The third-order valence-electron chi connectivity index (χ3n) is 3.84. The zero-order valence-corrected chi connectivity index (χ0v) is 12.2. The molecule has 2 unspecified atom stereocenters. The van der Waals surface area contributed by atoms with Crippen molar-refractivity contribution < 1.29 is 13.9 Å². The quantitative estimate of drug-likeness (QED) is 0.819. The number of halogens is 1. The summed E-state index contributed by atoms with van der Waals surface area (Å²) in [4.78, 5) is 1.14. The summed E-state index contributed by atoms with van der Waals surface area (Å²) in [5.41, 5.74) is 2.04. The van der Waals surface area contributed by atoms with Crippen LogP contribution in [0.1, 0.15) is 17.0 Å². The minimum atomic E-state index is -0.315. The highest BCUT2D eigenvalue weighted by Crippen LogP contribution is 2.53. The van der Waals surface area contributed by atoms with Crippen molar-refractivity contribution in [3.05, 3.63) is 70.4 Å². The molecule has 0 saturated carbocycles. The summed E-state index contributed by atoms with van der Waals surface area (Å²) < 4.78 is 25.0. The normalized spacial score (nSPS) is 22.6. The number of rotatable bonds is 2. The lowest BCUT2D eigenvalue weighted by Gasteiger charge is -2.11. The minimum absolute atomic E-state index is 0.108. The number of hydrogen-bond acceptors (Lipinski definition) is 3. The fourth-order valence-electron chi connectivity index (χ4n) is 2.89. The van der Waals surface area contributed by atoms with E-state index in [9.17, 15) is 4.39 Å². The van der Waals surface area contributed by atoms with Gasteiger partial charge in [0.05, 0.1) is 5.92 Å². The molecule has 0 saturated heterocycles. The Kier molecular flexibility index (Phi) is 2.93. The molecule has 2 aromatic carbocycles. The second-order valence-corrected chi connectivity index (χ2v) is 5.87. The Bertz CT molecular complexity index is 724. The van der Waals surface area contributed by atoms with Crippen molar-refractivity contribution in [3.8, 4) is 5.75 Å². The summed E-state index contributed by atoms with van der Waals surface area (Å²) in [5, 5.41) is 0.